The molecule has 160 valence electrons. The van der Waals surface area contributed by atoms with Gasteiger partial charge < -0.3 is 10.6 Å². The van der Waals surface area contributed by atoms with E-state index in [0.29, 0.717) is 11.8 Å². The molecule has 0 saturated heterocycles. The second-order valence-corrected chi connectivity index (χ2v) is 8.30. The SMILES string of the molecule is Cc1cc(C)nc(Nc2ccc(Nc3ccc(-c4ccc5c(c4)CCCC5)nn3)cc2)n1. The predicted octanol–water partition coefficient (Wildman–Crippen LogP) is 5.92. The Bertz CT molecular complexity index is 1210. The Morgan fingerprint density at radius 1 is 0.656 bits per heavy atom. The number of nitrogens with zero attached hydrogens (tertiary/aromatic N) is 4. The first kappa shape index (κ1) is 20.1. The number of hydrogen-bond acceptors (Lipinski definition) is 6. The molecular formula is C26H26N6. The van der Waals surface area contributed by atoms with Crippen molar-refractivity contribution in [3.8, 4) is 11.3 Å². The first-order chi connectivity index (χ1) is 15.6. The molecule has 0 saturated carbocycles. The topological polar surface area (TPSA) is 75.6 Å². The molecule has 0 amide bonds. The van der Waals surface area contributed by atoms with Crippen molar-refractivity contribution in [3.63, 3.8) is 0 Å². The van der Waals surface area contributed by atoms with Crippen LogP contribution in [0.2, 0.25) is 0 Å². The van der Waals surface area contributed by atoms with Crippen LogP contribution in [0.1, 0.15) is 35.4 Å². The molecule has 0 bridgehead atoms. The average molecular weight is 423 g/mol. The van der Waals surface area contributed by atoms with E-state index >= 15 is 0 Å². The molecule has 2 heterocycles. The minimum absolute atomic E-state index is 0.604. The van der Waals surface area contributed by atoms with E-state index < -0.39 is 0 Å². The lowest BCUT2D eigenvalue weighted by Crippen LogP contribution is -2.03. The molecule has 0 aliphatic heterocycles. The lowest BCUT2D eigenvalue weighted by atomic mass is 9.90. The summed E-state index contributed by atoms with van der Waals surface area (Å²) in [5.74, 6) is 1.32. The molecule has 1 aliphatic carbocycles. The van der Waals surface area contributed by atoms with Gasteiger partial charge in [-0.05, 0) is 99.2 Å². The number of rotatable bonds is 5. The number of aromatic nitrogens is 4. The summed E-state index contributed by atoms with van der Waals surface area (Å²) in [5, 5.41) is 15.4. The van der Waals surface area contributed by atoms with Gasteiger partial charge >= 0.3 is 0 Å². The van der Waals surface area contributed by atoms with Crippen LogP contribution < -0.4 is 10.6 Å². The van der Waals surface area contributed by atoms with Crippen LogP contribution in [0.4, 0.5) is 23.1 Å². The number of nitrogens with one attached hydrogen (secondary N) is 2. The zero-order chi connectivity index (χ0) is 21.9. The summed E-state index contributed by atoms with van der Waals surface area (Å²) >= 11 is 0. The molecule has 0 radical (unpaired) electrons. The van der Waals surface area contributed by atoms with Crippen LogP contribution >= 0.6 is 0 Å². The Kier molecular flexibility index (Phi) is 5.50. The third-order valence-electron chi connectivity index (χ3n) is 5.70. The van der Waals surface area contributed by atoms with Crippen molar-refractivity contribution in [1.82, 2.24) is 20.2 Å². The van der Waals surface area contributed by atoms with E-state index in [1.54, 1.807) is 0 Å². The minimum Gasteiger partial charge on any atom is -0.339 e. The summed E-state index contributed by atoms with van der Waals surface area (Å²) in [4.78, 5) is 8.84. The van der Waals surface area contributed by atoms with Gasteiger partial charge in [0.15, 0.2) is 5.82 Å². The van der Waals surface area contributed by atoms with E-state index in [0.717, 1.165) is 40.4 Å². The predicted molar refractivity (Wildman–Crippen MR) is 129 cm³/mol. The molecule has 0 unspecified atom stereocenters. The zero-order valence-corrected chi connectivity index (χ0v) is 18.4. The molecular weight excluding hydrogens is 396 g/mol. The van der Waals surface area contributed by atoms with Crippen molar-refractivity contribution in [2.45, 2.75) is 39.5 Å². The fraction of sp³-hybridized carbons (Fsp3) is 0.231. The van der Waals surface area contributed by atoms with E-state index in [1.165, 1.54) is 30.4 Å². The largest absolute Gasteiger partial charge is 0.339 e. The van der Waals surface area contributed by atoms with Crippen LogP contribution in [0.3, 0.4) is 0 Å². The van der Waals surface area contributed by atoms with Gasteiger partial charge in [-0.25, -0.2) is 9.97 Å². The minimum atomic E-state index is 0.604. The highest BCUT2D eigenvalue weighted by Gasteiger charge is 2.11. The number of aryl methyl sites for hydroxylation is 4. The molecule has 2 aromatic carbocycles. The second kappa shape index (κ2) is 8.75. The van der Waals surface area contributed by atoms with Crippen molar-refractivity contribution in [3.05, 3.63) is 83.2 Å². The number of anilines is 4. The Morgan fingerprint density at radius 2 is 1.34 bits per heavy atom. The Hall–Kier alpha value is -3.80. The fourth-order valence-corrected chi connectivity index (χ4v) is 4.14. The molecule has 5 rings (SSSR count). The molecule has 6 nitrogen and oxygen atoms in total. The van der Waals surface area contributed by atoms with Crippen LogP contribution in [0, 0.1) is 13.8 Å². The van der Waals surface area contributed by atoms with Gasteiger partial charge in [0, 0.05) is 28.3 Å². The first-order valence-corrected chi connectivity index (χ1v) is 11.0. The van der Waals surface area contributed by atoms with Crippen molar-refractivity contribution >= 4 is 23.1 Å². The van der Waals surface area contributed by atoms with Crippen LogP contribution in [0.25, 0.3) is 11.3 Å². The highest BCUT2D eigenvalue weighted by atomic mass is 15.2. The van der Waals surface area contributed by atoms with Gasteiger partial charge in [-0.2, -0.15) is 0 Å². The molecule has 0 atom stereocenters. The van der Waals surface area contributed by atoms with Gasteiger partial charge in [0.1, 0.15) is 0 Å². The van der Waals surface area contributed by atoms with Crippen molar-refractivity contribution in [2.24, 2.45) is 0 Å². The molecule has 1 aliphatic rings. The lowest BCUT2D eigenvalue weighted by Gasteiger charge is -2.16. The fourth-order valence-electron chi connectivity index (χ4n) is 4.14. The number of fused-ring (bicyclic) bond motifs is 1. The molecule has 0 spiro atoms. The zero-order valence-electron chi connectivity index (χ0n) is 18.4. The molecule has 2 N–H and O–H groups in total. The van der Waals surface area contributed by atoms with Crippen molar-refractivity contribution in [1.29, 1.82) is 0 Å². The van der Waals surface area contributed by atoms with Gasteiger partial charge in [0.25, 0.3) is 0 Å². The third-order valence-corrected chi connectivity index (χ3v) is 5.70. The smallest absolute Gasteiger partial charge is 0.227 e. The van der Waals surface area contributed by atoms with Gasteiger partial charge in [0.2, 0.25) is 5.95 Å². The van der Waals surface area contributed by atoms with Gasteiger partial charge in [0.05, 0.1) is 5.69 Å². The van der Waals surface area contributed by atoms with E-state index in [1.807, 2.05) is 56.3 Å². The maximum atomic E-state index is 4.44. The number of hydrogen-bond donors (Lipinski definition) is 2. The highest BCUT2D eigenvalue weighted by Crippen LogP contribution is 2.27. The third kappa shape index (κ3) is 4.59. The van der Waals surface area contributed by atoms with Crippen LogP contribution in [-0.2, 0) is 12.8 Å². The molecule has 2 aromatic heterocycles. The second-order valence-electron chi connectivity index (χ2n) is 8.30. The summed E-state index contributed by atoms with van der Waals surface area (Å²) in [7, 11) is 0. The maximum absolute atomic E-state index is 4.44. The summed E-state index contributed by atoms with van der Waals surface area (Å²) in [6, 6.07) is 20.6. The standard InChI is InChI=1S/C26H26N6/c1-17-15-18(2)28-26(27-17)30-23-11-9-22(10-12-23)29-25-14-13-24(31-32-25)21-8-7-19-5-3-4-6-20(19)16-21/h7-16H,3-6H2,1-2H3,(H,29,32)(H,27,28,30). The van der Waals surface area contributed by atoms with Gasteiger partial charge in [-0.1, -0.05) is 12.1 Å². The summed E-state index contributed by atoms with van der Waals surface area (Å²) in [6.07, 6.45) is 4.92. The van der Waals surface area contributed by atoms with Crippen LogP contribution in [-0.4, -0.2) is 20.2 Å². The molecule has 6 heteroatoms. The van der Waals surface area contributed by atoms with E-state index in [4.69, 9.17) is 0 Å². The monoisotopic (exact) mass is 422 g/mol. The van der Waals surface area contributed by atoms with Gasteiger partial charge in [-0.3, -0.25) is 0 Å². The quantitative estimate of drug-likeness (QED) is 0.416. The van der Waals surface area contributed by atoms with E-state index in [9.17, 15) is 0 Å². The van der Waals surface area contributed by atoms with E-state index in [2.05, 4.69) is 49.0 Å². The number of benzene rings is 2. The normalized spacial score (nSPS) is 12.8. The van der Waals surface area contributed by atoms with Crippen molar-refractivity contribution < 1.29 is 0 Å². The Labute approximate surface area is 188 Å². The van der Waals surface area contributed by atoms with Gasteiger partial charge in [-0.15, -0.1) is 10.2 Å². The van der Waals surface area contributed by atoms with Crippen molar-refractivity contribution in [2.75, 3.05) is 10.6 Å². The average Bonchev–Trinajstić information content (AvgIpc) is 2.80. The molecule has 32 heavy (non-hydrogen) atoms. The highest BCUT2D eigenvalue weighted by molar-refractivity contribution is 5.65. The Morgan fingerprint density at radius 3 is 2.03 bits per heavy atom. The Balaban J connectivity index is 1.25. The maximum Gasteiger partial charge on any atom is 0.227 e. The summed E-state index contributed by atoms with van der Waals surface area (Å²) < 4.78 is 0. The molecule has 4 aromatic rings. The van der Waals surface area contributed by atoms with Crippen LogP contribution in [0.15, 0.2) is 60.7 Å². The summed E-state index contributed by atoms with van der Waals surface area (Å²) in [6.45, 7) is 3.93. The van der Waals surface area contributed by atoms with E-state index in [-0.39, 0.29) is 0 Å². The first-order valence-electron chi connectivity index (χ1n) is 11.0. The van der Waals surface area contributed by atoms with Crippen LogP contribution in [0.5, 0.6) is 0 Å². The molecule has 0 fully saturated rings. The summed E-state index contributed by atoms with van der Waals surface area (Å²) in [5.41, 5.74) is 8.71. The lowest BCUT2D eigenvalue weighted by molar-refractivity contribution is 0.686.